The van der Waals surface area contributed by atoms with E-state index in [9.17, 15) is 4.79 Å². The van der Waals surface area contributed by atoms with Crippen molar-refractivity contribution in [2.45, 2.75) is 104 Å². The third-order valence-electron chi connectivity index (χ3n) is 6.20. The molecule has 0 saturated heterocycles. The SMILES string of the molecule is CCCCCCCCOc1ccc(-c2ccc(C(=O)OC(CC)OCCCCCCC)cc2)cc1. The quantitative estimate of drug-likeness (QED) is 0.114. The van der Waals surface area contributed by atoms with E-state index < -0.39 is 6.29 Å². The number of benzene rings is 2. The summed E-state index contributed by atoms with van der Waals surface area (Å²) >= 11 is 0. The molecule has 0 aliphatic heterocycles. The smallest absolute Gasteiger partial charge is 0.340 e. The molecule has 2 aromatic rings. The predicted molar refractivity (Wildman–Crippen MR) is 145 cm³/mol. The Balaban J connectivity index is 1.75. The van der Waals surface area contributed by atoms with E-state index in [0.717, 1.165) is 42.7 Å². The molecular formula is C31H46O4. The van der Waals surface area contributed by atoms with Crippen LogP contribution in [0, 0.1) is 0 Å². The minimum Gasteiger partial charge on any atom is -0.494 e. The standard InChI is InChI=1S/C31H46O4/c1-4-7-9-11-13-14-24-33-29-22-20-27(21-23-29)26-16-18-28(19-17-26)31(32)35-30(6-3)34-25-15-12-10-8-5-2/h16-23,30H,4-15,24-25H2,1-3H3. The molecule has 1 atom stereocenters. The Kier molecular flexibility index (Phi) is 14.9. The first kappa shape index (κ1) is 28.9. The molecule has 0 radical (unpaired) electrons. The molecule has 2 aromatic carbocycles. The zero-order valence-electron chi connectivity index (χ0n) is 22.2. The van der Waals surface area contributed by atoms with Crippen molar-refractivity contribution in [3.05, 3.63) is 54.1 Å². The van der Waals surface area contributed by atoms with Gasteiger partial charge >= 0.3 is 5.97 Å². The summed E-state index contributed by atoms with van der Waals surface area (Å²) in [5.74, 6) is 0.561. The average Bonchev–Trinajstić information content (AvgIpc) is 2.89. The van der Waals surface area contributed by atoms with E-state index >= 15 is 0 Å². The van der Waals surface area contributed by atoms with Crippen molar-refractivity contribution in [2.75, 3.05) is 13.2 Å². The molecule has 35 heavy (non-hydrogen) atoms. The first-order valence-corrected chi connectivity index (χ1v) is 13.8. The van der Waals surface area contributed by atoms with E-state index in [-0.39, 0.29) is 5.97 Å². The summed E-state index contributed by atoms with van der Waals surface area (Å²) in [4.78, 5) is 12.6. The Labute approximate surface area is 213 Å². The summed E-state index contributed by atoms with van der Waals surface area (Å²) in [6.07, 6.45) is 13.6. The largest absolute Gasteiger partial charge is 0.494 e. The van der Waals surface area contributed by atoms with Crippen LogP contribution in [0.15, 0.2) is 48.5 Å². The van der Waals surface area contributed by atoms with Gasteiger partial charge in [0.25, 0.3) is 0 Å². The molecule has 0 aromatic heterocycles. The van der Waals surface area contributed by atoms with Crippen LogP contribution in [0.3, 0.4) is 0 Å². The number of hydrogen-bond acceptors (Lipinski definition) is 4. The van der Waals surface area contributed by atoms with Crippen molar-refractivity contribution < 1.29 is 19.0 Å². The molecule has 0 aliphatic carbocycles. The Morgan fingerprint density at radius 2 is 1.17 bits per heavy atom. The number of ether oxygens (including phenoxy) is 3. The Bertz CT molecular complexity index is 798. The lowest BCUT2D eigenvalue weighted by molar-refractivity contribution is -0.111. The summed E-state index contributed by atoms with van der Waals surface area (Å²) < 4.78 is 17.2. The van der Waals surface area contributed by atoms with Gasteiger partial charge in [-0.05, 0) is 48.2 Å². The number of rotatable bonds is 19. The van der Waals surface area contributed by atoms with Gasteiger partial charge in [0.2, 0.25) is 6.29 Å². The van der Waals surface area contributed by atoms with Gasteiger partial charge in [0.1, 0.15) is 5.75 Å². The fraction of sp³-hybridized carbons (Fsp3) is 0.581. The minimum atomic E-state index is -0.489. The molecule has 0 aliphatic rings. The maximum atomic E-state index is 12.6. The zero-order valence-corrected chi connectivity index (χ0v) is 22.2. The predicted octanol–water partition coefficient (Wildman–Crippen LogP) is 8.97. The number of esters is 1. The van der Waals surface area contributed by atoms with Crippen molar-refractivity contribution >= 4 is 5.97 Å². The molecule has 0 fully saturated rings. The maximum Gasteiger partial charge on any atom is 0.340 e. The van der Waals surface area contributed by atoms with Crippen LogP contribution >= 0.6 is 0 Å². The minimum absolute atomic E-state index is 0.340. The molecule has 0 bridgehead atoms. The van der Waals surface area contributed by atoms with Crippen LogP contribution in [0.4, 0.5) is 0 Å². The van der Waals surface area contributed by atoms with Gasteiger partial charge in [-0.3, -0.25) is 0 Å². The van der Waals surface area contributed by atoms with Crippen LogP contribution in [0.2, 0.25) is 0 Å². The average molecular weight is 483 g/mol. The highest BCUT2D eigenvalue weighted by molar-refractivity contribution is 5.90. The first-order chi connectivity index (χ1) is 17.2. The monoisotopic (exact) mass is 482 g/mol. The molecule has 2 rings (SSSR count). The Hall–Kier alpha value is -2.33. The molecule has 4 heteroatoms. The topological polar surface area (TPSA) is 44.8 Å². The molecule has 0 heterocycles. The van der Waals surface area contributed by atoms with Crippen molar-refractivity contribution in [3.8, 4) is 16.9 Å². The second kappa shape index (κ2) is 18.0. The highest BCUT2D eigenvalue weighted by atomic mass is 16.7. The summed E-state index contributed by atoms with van der Waals surface area (Å²) in [7, 11) is 0. The van der Waals surface area contributed by atoms with Gasteiger partial charge in [0.05, 0.1) is 18.8 Å². The fourth-order valence-electron chi connectivity index (χ4n) is 3.96. The first-order valence-electron chi connectivity index (χ1n) is 13.8. The molecule has 0 N–H and O–H groups in total. The van der Waals surface area contributed by atoms with Crippen molar-refractivity contribution in [2.24, 2.45) is 0 Å². The maximum absolute atomic E-state index is 12.6. The summed E-state index contributed by atoms with van der Waals surface area (Å²) in [5.41, 5.74) is 2.69. The lowest BCUT2D eigenvalue weighted by Gasteiger charge is -2.17. The van der Waals surface area contributed by atoms with Gasteiger partial charge in [0, 0.05) is 6.42 Å². The van der Waals surface area contributed by atoms with Gasteiger partial charge in [-0.15, -0.1) is 0 Å². The van der Waals surface area contributed by atoms with E-state index in [0.29, 0.717) is 18.6 Å². The molecule has 0 amide bonds. The van der Waals surface area contributed by atoms with Crippen LogP contribution in [0.1, 0.15) is 108 Å². The van der Waals surface area contributed by atoms with Crippen molar-refractivity contribution in [1.82, 2.24) is 0 Å². The summed E-state index contributed by atoms with van der Waals surface area (Å²) in [6, 6.07) is 15.7. The summed E-state index contributed by atoms with van der Waals surface area (Å²) in [6.45, 7) is 7.82. The normalized spacial score (nSPS) is 11.9. The van der Waals surface area contributed by atoms with Crippen LogP contribution in [0.25, 0.3) is 11.1 Å². The van der Waals surface area contributed by atoms with Gasteiger partial charge in [0.15, 0.2) is 0 Å². The summed E-state index contributed by atoms with van der Waals surface area (Å²) in [5, 5.41) is 0. The Morgan fingerprint density at radius 3 is 1.74 bits per heavy atom. The zero-order chi connectivity index (χ0) is 25.1. The van der Waals surface area contributed by atoms with Crippen molar-refractivity contribution in [3.63, 3.8) is 0 Å². The molecule has 194 valence electrons. The number of carbonyl (C=O) groups excluding carboxylic acids is 1. The van der Waals surface area contributed by atoms with Gasteiger partial charge in [-0.1, -0.05) is 103 Å². The van der Waals surface area contributed by atoms with E-state index in [1.54, 1.807) is 0 Å². The second-order valence-corrected chi connectivity index (χ2v) is 9.25. The lowest BCUT2D eigenvalue weighted by atomic mass is 10.0. The number of hydrogen-bond donors (Lipinski definition) is 0. The van der Waals surface area contributed by atoms with Gasteiger partial charge in [-0.2, -0.15) is 0 Å². The third kappa shape index (κ3) is 11.8. The van der Waals surface area contributed by atoms with E-state index in [2.05, 4.69) is 26.0 Å². The van der Waals surface area contributed by atoms with Gasteiger partial charge in [-0.25, -0.2) is 4.79 Å². The highest BCUT2D eigenvalue weighted by Crippen LogP contribution is 2.23. The number of carbonyl (C=O) groups is 1. The lowest BCUT2D eigenvalue weighted by Crippen LogP contribution is -2.21. The van der Waals surface area contributed by atoms with E-state index in [1.165, 1.54) is 51.4 Å². The highest BCUT2D eigenvalue weighted by Gasteiger charge is 2.15. The van der Waals surface area contributed by atoms with Gasteiger partial charge < -0.3 is 14.2 Å². The van der Waals surface area contributed by atoms with Crippen LogP contribution in [0.5, 0.6) is 5.75 Å². The van der Waals surface area contributed by atoms with E-state index in [1.807, 2.05) is 43.3 Å². The molecule has 0 spiro atoms. The molecule has 1 unspecified atom stereocenters. The third-order valence-corrected chi connectivity index (χ3v) is 6.20. The Morgan fingerprint density at radius 1 is 0.657 bits per heavy atom. The fourth-order valence-corrected chi connectivity index (χ4v) is 3.96. The second-order valence-electron chi connectivity index (χ2n) is 9.25. The van der Waals surface area contributed by atoms with E-state index in [4.69, 9.17) is 14.2 Å². The molecule has 4 nitrogen and oxygen atoms in total. The molecule has 0 saturated carbocycles. The molecular weight excluding hydrogens is 436 g/mol. The van der Waals surface area contributed by atoms with Crippen LogP contribution < -0.4 is 4.74 Å². The van der Waals surface area contributed by atoms with Crippen molar-refractivity contribution in [1.29, 1.82) is 0 Å². The van der Waals surface area contributed by atoms with Crippen LogP contribution in [-0.2, 0) is 9.47 Å². The number of unbranched alkanes of at least 4 members (excludes halogenated alkanes) is 9. The van der Waals surface area contributed by atoms with Crippen LogP contribution in [-0.4, -0.2) is 25.5 Å².